The summed E-state index contributed by atoms with van der Waals surface area (Å²) in [5.74, 6) is 1.18. The van der Waals surface area contributed by atoms with E-state index < -0.39 is 0 Å². The van der Waals surface area contributed by atoms with Crippen molar-refractivity contribution in [1.29, 1.82) is 0 Å². The lowest BCUT2D eigenvalue weighted by Crippen LogP contribution is -2.02. The van der Waals surface area contributed by atoms with Crippen LogP contribution in [0.4, 0.5) is 0 Å². The molecule has 0 aliphatic carbocycles. The molecule has 0 spiro atoms. The first-order valence-corrected chi connectivity index (χ1v) is 4.36. The zero-order valence-corrected chi connectivity index (χ0v) is 8.44. The van der Waals surface area contributed by atoms with Gasteiger partial charge in [-0.25, -0.2) is 0 Å². The van der Waals surface area contributed by atoms with Crippen molar-refractivity contribution < 1.29 is 0 Å². The fourth-order valence-corrected chi connectivity index (χ4v) is 1.22. The van der Waals surface area contributed by atoms with Crippen LogP contribution in [0.25, 0.3) is 0 Å². The lowest BCUT2D eigenvalue weighted by Gasteiger charge is -2.16. The van der Waals surface area contributed by atoms with Gasteiger partial charge in [-0.05, 0) is 29.9 Å². The second-order valence-corrected chi connectivity index (χ2v) is 3.58. The maximum Gasteiger partial charge on any atom is -0.0219 e. The van der Waals surface area contributed by atoms with Crippen LogP contribution in [0.2, 0.25) is 0 Å². The van der Waals surface area contributed by atoms with Gasteiger partial charge in [-0.15, -0.1) is 0 Å². The van der Waals surface area contributed by atoms with Crippen molar-refractivity contribution in [3.8, 4) is 0 Å². The third-order valence-corrected chi connectivity index (χ3v) is 2.00. The molecule has 0 heteroatoms. The molecule has 0 saturated heterocycles. The normalized spacial score (nSPS) is 12.8. The Labute approximate surface area is 71.0 Å². The van der Waals surface area contributed by atoms with Crippen molar-refractivity contribution >= 4 is 0 Å². The van der Waals surface area contributed by atoms with Crippen LogP contribution in [-0.2, 0) is 0 Å². The molecule has 0 saturated carbocycles. The van der Waals surface area contributed by atoms with Gasteiger partial charge in [-0.3, -0.25) is 0 Å². The molecule has 0 bridgehead atoms. The van der Waals surface area contributed by atoms with Crippen LogP contribution in [0, 0.1) is 11.8 Å². The molecule has 0 radical (unpaired) electrons. The van der Waals surface area contributed by atoms with E-state index in [1.54, 1.807) is 0 Å². The molecular weight excluding hydrogens is 132 g/mol. The second-order valence-electron chi connectivity index (χ2n) is 3.58. The fraction of sp³-hybridized carbons (Fsp3) is 0.636. The molecule has 0 aromatic heterocycles. The molecule has 0 amide bonds. The highest BCUT2D eigenvalue weighted by Crippen LogP contribution is 2.23. The van der Waals surface area contributed by atoms with Gasteiger partial charge in [0.2, 0.25) is 0 Å². The minimum atomic E-state index is 0.573. The Kier molecular flexibility index (Phi) is 4.17. The molecule has 0 aromatic rings. The minimum absolute atomic E-state index is 0.573. The number of allylic oxidation sites excluding steroid dienone is 3. The SMILES string of the molecule is C=C(/C(=C\C)C(C)C)C(C)C. The molecule has 0 aromatic carbocycles. The van der Waals surface area contributed by atoms with Crippen LogP contribution in [0.15, 0.2) is 23.8 Å². The predicted molar refractivity (Wildman–Crippen MR) is 52.6 cm³/mol. The number of hydrogen-bond acceptors (Lipinski definition) is 0. The summed E-state index contributed by atoms with van der Waals surface area (Å²) in [5, 5.41) is 0. The molecule has 0 atom stereocenters. The monoisotopic (exact) mass is 152 g/mol. The van der Waals surface area contributed by atoms with Gasteiger partial charge in [0.15, 0.2) is 0 Å². The van der Waals surface area contributed by atoms with E-state index in [4.69, 9.17) is 0 Å². The third kappa shape index (κ3) is 2.92. The van der Waals surface area contributed by atoms with Crippen molar-refractivity contribution in [1.82, 2.24) is 0 Å². The van der Waals surface area contributed by atoms with Crippen molar-refractivity contribution in [2.45, 2.75) is 34.6 Å². The summed E-state index contributed by atoms with van der Waals surface area (Å²) < 4.78 is 0. The van der Waals surface area contributed by atoms with E-state index in [0.717, 1.165) is 0 Å². The lowest BCUT2D eigenvalue weighted by atomic mass is 9.89. The summed E-state index contributed by atoms with van der Waals surface area (Å²) in [6, 6.07) is 0. The summed E-state index contributed by atoms with van der Waals surface area (Å²) in [6.45, 7) is 15.0. The van der Waals surface area contributed by atoms with Crippen LogP contribution < -0.4 is 0 Å². The topological polar surface area (TPSA) is 0 Å². The van der Waals surface area contributed by atoms with Crippen molar-refractivity contribution in [2.24, 2.45) is 11.8 Å². The second kappa shape index (κ2) is 4.38. The molecule has 0 heterocycles. The highest BCUT2D eigenvalue weighted by atomic mass is 14.1. The molecule has 11 heavy (non-hydrogen) atoms. The van der Waals surface area contributed by atoms with Crippen LogP contribution >= 0.6 is 0 Å². The highest BCUT2D eigenvalue weighted by molar-refractivity contribution is 5.30. The maximum atomic E-state index is 4.08. The fourth-order valence-electron chi connectivity index (χ4n) is 1.22. The first-order chi connectivity index (χ1) is 5.00. The zero-order chi connectivity index (χ0) is 9.02. The van der Waals surface area contributed by atoms with Crippen LogP contribution in [0.5, 0.6) is 0 Å². The van der Waals surface area contributed by atoms with E-state index in [9.17, 15) is 0 Å². The van der Waals surface area contributed by atoms with Crippen molar-refractivity contribution in [3.05, 3.63) is 23.8 Å². The molecule has 0 fully saturated rings. The van der Waals surface area contributed by atoms with Gasteiger partial charge >= 0.3 is 0 Å². The van der Waals surface area contributed by atoms with Crippen molar-refractivity contribution in [2.75, 3.05) is 0 Å². The highest BCUT2D eigenvalue weighted by Gasteiger charge is 2.08. The first-order valence-electron chi connectivity index (χ1n) is 4.36. The van der Waals surface area contributed by atoms with Gasteiger partial charge in [0.1, 0.15) is 0 Å². The number of rotatable bonds is 3. The summed E-state index contributed by atoms with van der Waals surface area (Å²) in [6.07, 6.45) is 2.17. The predicted octanol–water partition coefficient (Wildman–Crippen LogP) is 3.80. The van der Waals surface area contributed by atoms with E-state index in [1.165, 1.54) is 11.1 Å². The van der Waals surface area contributed by atoms with E-state index in [-0.39, 0.29) is 0 Å². The Morgan fingerprint density at radius 1 is 1.09 bits per heavy atom. The average Bonchev–Trinajstić information content (AvgIpc) is 1.88. The van der Waals surface area contributed by atoms with Gasteiger partial charge in [0.25, 0.3) is 0 Å². The Morgan fingerprint density at radius 3 is 1.64 bits per heavy atom. The van der Waals surface area contributed by atoms with Crippen LogP contribution in [0.1, 0.15) is 34.6 Å². The van der Waals surface area contributed by atoms with Gasteiger partial charge in [0, 0.05) is 0 Å². The molecule has 0 rings (SSSR count). The van der Waals surface area contributed by atoms with E-state index >= 15 is 0 Å². The molecule has 0 aliphatic rings. The summed E-state index contributed by atoms with van der Waals surface area (Å²) >= 11 is 0. The number of hydrogen-bond donors (Lipinski definition) is 0. The Hall–Kier alpha value is -0.520. The Morgan fingerprint density at radius 2 is 1.55 bits per heavy atom. The van der Waals surface area contributed by atoms with Gasteiger partial charge in [-0.2, -0.15) is 0 Å². The summed E-state index contributed by atoms with van der Waals surface area (Å²) in [5.41, 5.74) is 2.68. The minimum Gasteiger partial charge on any atom is -0.0953 e. The zero-order valence-electron chi connectivity index (χ0n) is 8.44. The molecule has 0 unspecified atom stereocenters. The summed E-state index contributed by atoms with van der Waals surface area (Å²) in [4.78, 5) is 0. The molecular formula is C11H20. The third-order valence-electron chi connectivity index (χ3n) is 2.00. The first kappa shape index (κ1) is 10.5. The van der Waals surface area contributed by atoms with Crippen molar-refractivity contribution in [3.63, 3.8) is 0 Å². The van der Waals surface area contributed by atoms with E-state index in [1.807, 2.05) is 0 Å². The van der Waals surface area contributed by atoms with Gasteiger partial charge in [0.05, 0.1) is 0 Å². The van der Waals surface area contributed by atoms with Crippen LogP contribution in [-0.4, -0.2) is 0 Å². The van der Waals surface area contributed by atoms with Gasteiger partial charge < -0.3 is 0 Å². The molecule has 64 valence electrons. The van der Waals surface area contributed by atoms with E-state index in [0.29, 0.717) is 11.8 Å². The molecule has 0 N–H and O–H groups in total. The largest absolute Gasteiger partial charge is 0.0953 e. The molecule has 0 nitrogen and oxygen atoms in total. The van der Waals surface area contributed by atoms with Crippen LogP contribution in [0.3, 0.4) is 0 Å². The average molecular weight is 152 g/mol. The smallest absolute Gasteiger partial charge is 0.0219 e. The quantitative estimate of drug-likeness (QED) is 0.539. The summed E-state index contributed by atoms with van der Waals surface area (Å²) in [7, 11) is 0. The molecule has 0 aliphatic heterocycles. The lowest BCUT2D eigenvalue weighted by molar-refractivity contribution is 0.703. The standard InChI is InChI=1S/C11H20/c1-7-11(9(4)5)10(6)8(2)3/h7-9H,6H2,1-5H3/b11-7-. The van der Waals surface area contributed by atoms with E-state index in [2.05, 4.69) is 47.3 Å². The maximum absolute atomic E-state index is 4.08. The Balaban J connectivity index is 4.42. The Bertz CT molecular complexity index is 159. The van der Waals surface area contributed by atoms with Gasteiger partial charge in [-0.1, -0.05) is 40.3 Å².